The van der Waals surface area contributed by atoms with Gasteiger partial charge in [-0.3, -0.25) is 9.59 Å². The van der Waals surface area contributed by atoms with Crippen molar-refractivity contribution in [1.29, 1.82) is 0 Å². The third-order valence-electron chi connectivity index (χ3n) is 4.67. The lowest BCUT2D eigenvalue weighted by atomic mass is 10.1. The van der Waals surface area contributed by atoms with Crippen molar-refractivity contribution in [3.05, 3.63) is 52.7 Å². The van der Waals surface area contributed by atoms with Crippen LogP contribution >= 0.6 is 11.6 Å². The highest BCUT2D eigenvalue weighted by Crippen LogP contribution is 2.30. The molecule has 1 aromatic carbocycles. The average Bonchev–Trinajstić information content (AvgIpc) is 2.71. The SMILES string of the molecule is O=C(c1cnc2c(c1)N(Cc1ccc(Cl)cc1)C(=O)CN2)N1CCOCC1. The Morgan fingerprint density at radius 1 is 1.22 bits per heavy atom. The molecule has 4 rings (SSSR count). The minimum absolute atomic E-state index is 0.0739. The molecule has 2 aliphatic rings. The molecule has 2 aliphatic heterocycles. The summed E-state index contributed by atoms with van der Waals surface area (Å²) in [5.41, 5.74) is 2.03. The Morgan fingerprint density at radius 2 is 1.96 bits per heavy atom. The van der Waals surface area contributed by atoms with Crippen LogP contribution in [0.5, 0.6) is 0 Å². The third-order valence-corrected chi connectivity index (χ3v) is 4.92. The molecule has 1 N–H and O–H groups in total. The molecule has 0 atom stereocenters. The molecule has 7 nitrogen and oxygen atoms in total. The van der Waals surface area contributed by atoms with Gasteiger partial charge >= 0.3 is 0 Å². The molecule has 3 heterocycles. The van der Waals surface area contributed by atoms with Crippen molar-refractivity contribution in [2.45, 2.75) is 6.54 Å². The second-order valence-electron chi connectivity index (χ2n) is 6.46. The van der Waals surface area contributed by atoms with Gasteiger partial charge in [-0.2, -0.15) is 0 Å². The van der Waals surface area contributed by atoms with Gasteiger partial charge in [0, 0.05) is 24.3 Å². The molecular weight excluding hydrogens is 368 g/mol. The fourth-order valence-corrected chi connectivity index (χ4v) is 3.32. The van der Waals surface area contributed by atoms with Gasteiger partial charge in [0.2, 0.25) is 5.91 Å². The topological polar surface area (TPSA) is 74.8 Å². The largest absolute Gasteiger partial charge is 0.378 e. The number of rotatable bonds is 3. The predicted octanol–water partition coefficient (Wildman–Crippen LogP) is 2.17. The van der Waals surface area contributed by atoms with E-state index in [1.165, 1.54) is 0 Å². The number of halogens is 1. The molecule has 0 saturated carbocycles. The van der Waals surface area contributed by atoms with Crippen molar-refractivity contribution >= 4 is 34.9 Å². The van der Waals surface area contributed by atoms with Crippen LogP contribution in [0.25, 0.3) is 0 Å². The number of nitrogens with one attached hydrogen (secondary N) is 1. The van der Waals surface area contributed by atoms with E-state index in [-0.39, 0.29) is 18.4 Å². The first-order chi connectivity index (χ1) is 13.1. The Labute approximate surface area is 161 Å². The molecule has 8 heteroatoms. The van der Waals surface area contributed by atoms with E-state index in [1.54, 1.807) is 34.2 Å². The standard InChI is InChI=1S/C19H19ClN4O3/c20-15-3-1-13(2-4-15)12-24-16-9-14(10-21-18(16)22-11-17(24)25)19(26)23-5-7-27-8-6-23/h1-4,9-10H,5-8,11-12H2,(H,21,22). The maximum absolute atomic E-state index is 12.8. The summed E-state index contributed by atoms with van der Waals surface area (Å²) in [5.74, 6) is 0.426. The number of anilines is 2. The lowest BCUT2D eigenvalue weighted by Crippen LogP contribution is -2.42. The van der Waals surface area contributed by atoms with Crippen LogP contribution < -0.4 is 10.2 Å². The first-order valence-electron chi connectivity index (χ1n) is 8.77. The number of hydrogen-bond donors (Lipinski definition) is 1. The monoisotopic (exact) mass is 386 g/mol. The molecule has 1 saturated heterocycles. The van der Waals surface area contributed by atoms with Crippen LogP contribution in [-0.4, -0.2) is 54.5 Å². The quantitative estimate of drug-likeness (QED) is 0.875. The van der Waals surface area contributed by atoms with E-state index >= 15 is 0 Å². The Balaban J connectivity index is 1.62. The second kappa shape index (κ2) is 7.54. The van der Waals surface area contributed by atoms with E-state index < -0.39 is 0 Å². The van der Waals surface area contributed by atoms with E-state index in [1.807, 2.05) is 12.1 Å². The zero-order valence-electron chi connectivity index (χ0n) is 14.7. The number of carbonyl (C=O) groups excluding carboxylic acids is 2. The first-order valence-corrected chi connectivity index (χ1v) is 9.15. The van der Waals surface area contributed by atoms with Crippen LogP contribution in [0, 0.1) is 0 Å². The smallest absolute Gasteiger partial charge is 0.255 e. The van der Waals surface area contributed by atoms with Crippen molar-refractivity contribution in [1.82, 2.24) is 9.88 Å². The number of amides is 2. The number of ether oxygens (including phenoxy) is 1. The van der Waals surface area contributed by atoms with Gasteiger partial charge in [0.15, 0.2) is 5.82 Å². The molecule has 1 aromatic heterocycles. The highest BCUT2D eigenvalue weighted by Gasteiger charge is 2.27. The molecule has 2 aromatic rings. The molecular formula is C19H19ClN4O3. The Bertz CT molecular complexity index is 866. The number of aromatic nitrogens is 1. The van der Waals surface area contributed by atoms with Gasteiger partial charge in [0.05, 0.1) is 37.6 Å². The zero-order chi connectivity index (χ0) is 18.8. The molecule has 27 heavy (non-hydrogen) atoms. The van der Waals surface area contributed by atoms with Crippen molar-refractivity contribution < 1.29 is 14.3 Å². The van der Waals surface area contributed by atoms with Crippen molar-refractivity contribution in [2.24, 2.45) is 0 Å². The predicted molar refractivity (Wildman–Crippen MR) is 102 cm³/mol. The molecule has 1 fully saturated rings. The summed E-state index contributed by atoms with van der Waals surface area (Å²) in [7, 11) is 0. The Morgan fingerprint density at radius 3 is 2.70 bits per heavy atom. The van der Waals surface area contributed by atoms with Gasteiger partial charge in [0.25, 0.3) is 5.91 Å². The lowest BCUT2D eigenvalue weighted by molar-refractivity contribution is -0.117. The maximum atomic E-state index is 12.8. The van der Waals surface area contributed by atoms with Gasteiger partial charge < -0.3 is 19.9 Å². The van der Waals surface area contributed by atoms with E-state index in [4.69, 9.17) is 16.3 Å². The highest BCUT2D eigenvalue weighted by molar-refractivity contribution is 6.30. The summed E-state index contributed by atoms with van der Waals surface area (Å²) >= 11 is 5.94. The number of benzene rings is 1. The summed E-state index contributed by atoms with van der Waals surface area (Å²) in [5, 5.41) is 3.66. The Hall–Kier alpha value is -2.64. The minimum Gasteiger partial charge on any atom is -0.378 e. The fourth-order valence-electron chi connectivity index (χ4n) is 3.20. The molecule has 0 spiro atoms. The minimum atomic E-state index is -0.0990. The van der Waals surface area contributed by atoms with Gasteiger partial charge in [-0.25, -0.2) is 4.98 Å². The van der Waals surface area contributed by atoms with E-state index in [2.05, 4.69) is 10.3 Å². The maximum Gasteiger partial charge on any atom is 0.255 e. The number of nitrogens with zero attached hydrogens (tertiary/aromatic N) is 3. The number of pyridine rings is 1. The van der Waals surface area contributed by atoms with Gasteiger partial charge in [-0.15, -0.1) is 0 Å². The fraction of sp³-hybridized carbons (Fsp3) is 0.316. The van der Waals surface area contributed by atoms with E-state index in [0.717, 1.165) is 5.56 Å². The number of fused-ring (bicyclic) bond motifs is 1. The van der Waals surface area contributed by atoms with Crippen molar-refractivity contribution in [2.75, 3.05) is 43.1 Å². The zero-order valence-corrected chi connectivity index (χ0v) is 15.4. The van der Waals surface area contributed by atoms with Crippen LogP contribution in [0.2, 0.25) is 5.02 Å². The van der Waals surface area contributed by atoms with Crippen LogP contribution in [0.4, 0.5) is 11.5 Å². The van der Waals surface area contributed by atoms with Gasteiger partial charge in [-0.05, 0) is 23.8 Å². The van der Waals surface area contributed by atoms with Gasteiger partial charge in [0.1, 0.15) is 0 Å². The molecule has 2 amide bonds. The summed E-state index contributed by atoms with van der Waals surface area (Å²) in [6.45, 7) is 2.74. The lowest BCUT2D eigenvalue weighted by Gasteiger charge is -2.31. The van der Waals surface area contributed by atoms with E-state index in [9.17, 15) is 9.59 Å². The number of morpholine rings is 1. The Kier molecular flexibility index (Phi) is 4.96. The van der Waals surface area contributed by atoms with Crippen molar-refractivity contribution in [3.8, 4) is 0 Å². The molecule has 0 bridgehead atoms. The van der Waals surface area contributed by atoms with Crippen LogP contribution in [0.1, 0.15) is 15.9 Å². The normalized spacial score (nSPS) is 16.7. The molecule has 140 valence electrons. The first kappa shape index (κ1) is 17.8. The second-order valence-corrected chi connectivity index (χ2v) is 6.89. The molecule has 0 radical (unpaired) electrons. The number of hydrogen-bond acceptors (Lipinski definition) is 5. The number of carbonyl (C=O) groups is 2. The summed E-state index contributed by atoms with van der Waals surface area (Å²) in [6.07, 6.45) is 1.56. The summed E-state index contributed by atoms with van der Waals surface area (Å²) < 4.78 is 5.30. The highest BCUT2D eigenvalue weighted by atomic mass is 35.5. The van der Waals surface area contributed by atoms with E-state index in [0.29, 0.717) is 54.9 Å². The van der Waals surface area contributed by atoms with Crippen LogP contribution in [0.3, 0.4) is 0 Å². The molecule has 0 unspecified atom stereocenters. The van der Waals surface area contributed by atoms with Crippen LogP contribution in [-0.2, 0) is 16.1 Å². The average molecular weight is 387 g/mol. The summed E-state index contributed by atoms with van der Waals surface area (Å²) in [4.78, 5) is 33.0. The van der Waals surface area contributed by atoms with Crippen molar-refractivity contribution in [3.63, 3.8) is 0 Å². The third kappa shape index (κ3) is 3.74. The van der Waals surface area contributed by atoms with Gasteiger partial charge in [-0.1, -0.05) is 23.7 Å². The summed E-state index contributed by atoms with van der Waals surface area (Å²) in [6, 6.07) is 9.09. The molecule has 0 aliphatic carbocycles. The van der Waals surface area contributed by atoms with Crippen LogP contribution in [0.15, 0.2) is 36.5 Å².